The zero-order valence-electron chi connectivity index (χ0n) is 15.8. The minimum Gasteiger partial charge on any atom is -0.475 e. The highest BCUT2D eigenvalue weighted by Crippen LogP contribution is 2.20. The summed E-state index contributed by atoms with van der Waals surface area (Å²) in [5.74, 6) is -2.35. The lowest BCUT2D eigenvalue weighted by Crippen LogP contribution is -2.29. The molecule has 0 bridgehead atoms. The van der Waals surface area contributed by atoms with Gasteiger partial charge in [-0.25, -0.2) is 14.4 Å². The molecule has 3 N–H and O–H groups in total. The van der Waals surface area contributed by atoms with E-state index in [1.54, 1.807) is 12.1 Å². The Labute approximate surface area is 182 Å². The number of hydrogen-bond acceptors (Lipinski definition) is 9. The van der Waals surface area contributed by atoms with Crippen molar-refractivity contribution in [2.24, 2.45) is 0 Å². The number of nitrogen functional groups attached to an aromatic ring is 1. The summed E-state index contributed by atoms with van der Waals surface area (Å²) in [4.78, 5) is 35.9. The van der Waals surface area contributed by atoms with Gasteiger partial charge < -0.3 is 29.8 Å². The number of hydrogen-bond donors (Lipinski definition) is 2. The number of carboxylic acids is 1. The standard InChI is InChI=1S/C15H14ClN3O6.C2HF3O2/c16-9-1-3-10(4-2-9)24-15(21)23-8-13-22-7-12(25-13)19-6-5-11(17)18-14(19)20;3-2(4,5)1(6)7/h1-6,12-13H,7-8H2,(H2,17,18,20);(H,6,7)/t12-,13-;/m0./s1. The van der Waals surface area contributed by atoms with E-state index in [0.29, 0.717) is 10.8 Å². The summed E-state index contributed by atoms with van der Waals surface area (Å²) in [6, 6.07) is 7.69. The van der Waals surface area contributed by atoms with Crippen molar-refractivity contribution in [1.82, 2.24) is 9.55 Å². The van der Waals surface area contributed by atoms with Crippen LogP contribution in [0, 0.1) is 0 Å². The third kappa shape index (κ3) is 7.72. The normalized spacial score (nSPS) is 17.8. The Kier molecular flexibility index (Phi) is 8.40. The molecule has 0 radical (unpaired) electrons. The Morgan fingerprint density at radius 3 is 2.47 bits per heavy atom. The van der Waals surface area contributed by atoms with Crippen molar-refractivity contribution >= 4 is 29.5 Å². The highest BCUT2D eigenvalue weighted by Gasteiger charge is 2.38. The third-order valence-electron chi connectivity index (χ3n) is 3.49. The average molecular weight is 482 g/mol. The number of aliphatic carboxylic acids is 1. The van der Waals surface area contributed by atoms with Gasteiger partial charge in [0.15, 0.2) is 12.5 Å². The van der Waals surface area contributed by atoms with Gasteiger partial charge in [0.05, 0.1) is 6.61 Å². The van der Waals surface area contributed by atoms with E-state index in [1.807, 2.05) is 0 Å². The number of benzene rings is 1. The van der Waals surface area contributed by atoms with Crippen LogP contribution in [0.15, 0.2) is 41.3 Å². The summed E-state index contributed by atoms with van der Waals surface area (Å²) in [6.07, 6.45) is -6.05. The molecule has 174 valence electrons. The van der Waals surface area contributed by atoms with Gasteiger partial charge in [0.25, 0.3) is 0 Å². The number of aromatic nitrogens is 2. The Morgan fingerprint density at radius 1 is 1.28 bits per heavy atom. The van der Waals surface area contributed by atoms with Gasteiger partial charge >= 0.3 is 24.0 Å². The van der Waals surface area contributed by atoms with E-state index >= 15 is 0 Å². The Morgan fingerprint density at radius 2 is 1.91 bits per heavy atom. The molecule has 1 aromatic heterocycles. The lowest BCUT2D eigenvalue weighted by Gasteiger charge is -2.13. The van der Waals surface area contributed by atoms with Crippen LogP contribution in [-0.4, -0.2) is 52.5 Å². The third-order valence-corrected chi connectivity index (χ3v) is 3.74. The molecule has 2 aromatic rings. The molecule has 11 nitrogen and oxygen atoms in total. The first-order chi connectivity index (χ1) is 15.0. The van der Waals surface area contributed by atoms with Crippen LogP contribution in [0.3, 0.4) is 0 Å². The maximum Gasteiger partial charge on any atom is 0.514 e. The van der Waals surface area contributed by atoms with E-state index in [-0.39, 0.29) is 19.0 Å². The van der Waals surface area contributed by atoms with Crippen molar-refractivity contribution in [2.75, 3.05) is 18.9 Å². The second kappa shape index (κ2) is 10.8. The van der Waals surface area contributed by atoms with Gasteiger partial charge in [0.2, 0.25) is 0 Å². The first kappa shape index (κ1) is 24.9. The fourth-order valence-electron chi connectivity index (χ4n) is 2.09. The smallest absolute Gasteiger partial charge is 0.475 e. The Bertz CT molecular complexity index is 1000. The van der Waals surface area contributed by atoms with Crippen LogP contribution in [0.25, 0.3) is 0 Å². The molecule has 1 aliphatic rings. The predicted molar refractivity (Wildman–Crippen MR) is 99.9 cm³/mol. The summed E-state index contributed by atoms with van der Waals surface area (Å²) in [5.41, 5.74) is 4.87. The zero-order valence-corrected chi connectivity index (χ0v) is 16.6. The molecule has 1 saturated heterocycles. The van der Waals surface area contributed by atoms with Crippen molar-refractivity contribution in [2.45, 2.75) is 18.7 Å². The van der Waals surface area contributed by atoms with Gasteiger partial charge in [-0.05, 0) is 30.3 Å². The summed E-state index contributed by atoms with van der Waals surface area (Å²) in [5, 5.41) is 7.65. The molecule has 2 heterocycles. The Hall–Kier alpha value is -3.36. The SMILES string of the molecule is Nc1ccn([C@@H]2CO[C@H](COC(=O)Oc3ccc(Cl)cc3)O2)c(=O)n1.O=C(O)C(F)(F)F. The molecule has 15 heteroatoms. The van der Waals surface area contributed by atoms with E-state index in [4.69, 9.17) is 46.2 Å². The maximum atomic E-state index is 11.7. The number of alkyl halides is 3. The lowest BCUT2D eigenvalue weighted by atomic mass is 10.3. The number of rotatable bonds is 4. The minimum atomic E-state index is -5.08. The molecule has 1 aliphatic heterocycles. The Balaban J connectivity index is 0.000000451. The topological polar surface area (TPSA) is 152 Å². The van der Waals surface area contributed by atoms with E-state index in [1.165, 1.54) is 29.0 Å². The van der Waals surface area contributed by atoms with Gasteiger partial charge in [0, 0.05) is 11.2 Å². The van der Waals surface area contributed by atoms with E-state index in [0.717, 1.165) is 0 Å². The highest BCUT2D eigenvalue weighted by molar-refractivity contribution is 6.30. The number of nitrogens with zero attached hydrogens (tertiary/aromatic N) is 2. The van der Waals surface area contributed by atoms with Crippen LogP contribution >= 0.6 is 11.6 Å². The second-order valence-electron chi connectivity index (χ2n) is 5.82. The molecule has 3 rings (SSSR count). The number of ether oxygens (including phenoxy) is 4. The summed E-state index contributed by atoms with van der Waals surface area (Å²) >= 11 is 5.74. The highest BCUT2D eigenvalue weighted by atomic mass is 35.5. The van der Waals surface area contributed by atoms with Crippen molar-refractivity contribution in [3.05, 3.63) is 52.0 Å². The predicted octanol–water partition coefficient (Wildman–Crippen LogP) is 2.20. The monoisotopic (exact) mass is 481 g/mol. The molecule has 0 saturated carbocycles. The number of carboxylic acid groups (broad SMARTS) is 1. The maximum absolute atomic E-state index is 11.7. The van der Waals surface area contributed by atoms with Crippen LogP contribution in [0.2, 0.25) is 5.02 Å². The van der Waals surface area contributed by atoms with Gasteiger partial charge in [-0.1, -0.05) is 11.6 Å². The molecule has 32 heavy (non-hydrogen) atoms. The molecule has 0 spiro atoms. The summed E-state index contributed by atoms with van der Waals surface area (Å²) in [6.45, 7) is -0.0914. The van der Waals surface area contributed by atoms with Crippen molar-refractivity contribution < 1.29 is 46.8 Å². The van der Waals surface area contributed by atoms with Gasteiger partial charge in [-0.3, -0.25) is 4.57 Å². The van der Waals surface area contributed by atoms with Crippen molar-refractivity contribution in [1.29, 1.82) is 0 Å². The quantitative estimate of drug-likeness (QED) is 0.491. The second-order valence-corrected chi connectivity index (χ2v) is 6.25. The molecule has 0 amide bonds. The molecular formula is C17H15ClF3N3O8. The summed E-state index contributed by atoms with van der Waals surface area (Å²) in [7, 11) is 0. The zero-order chi connectivity index (χ0) is 23.9. The molecule has 0 aliphatic carbocycles. The van der Waals surface area contributed by atoms with Crippen LogP contribution < -0.4 is 16.2 Å². The van der Waals surface area contributed by atoms with E-state index in [9.17, 15) is 22.8 Å². The van der Waals surface area contributed by atoms with Crippen LogP contribution in [0.4, 0.5) is 23.8 Å². The van der Waals surface area contributed by atoms with Crippen LogP contribution in [0.1, 0.15) is 6.23 Å². The van der Waals surface area contributed by atoms with Crippen LogP contribution in [0.5, 0.6) is 5.75 Å². The molecule has 2 atom stereocenters. The molecule has 1 fully saturated rings. The van der Waals surface area contributed by atoms with E-state index < -0.39 is 36.5 Å². The molecule has 1 aromatic carbocycles. The van der Waals surface area contributed by atoms with Crippen molar-refractivity contribution in [3.63, 3.8) is 0 Å². The first-order valence-corrected chi connectivity index (χ1v) is 8.85. The van der Waals surface area contributed by atoms with Gasteiger partial charge in [-0.2, -0.15) is 18.2 Å². The van der Waals surface area contributed by atoms with Crippen LogP contribution in [-0.2, 0) is 19.0 Å². The number of halogens is 4. The number of nitrogens with two attached hydrogens (primary N) is 1. The largest absolute Gasteiger partial charge is 0.514 e. The molecular weight excluding hydrogens is 467 g/mol. The van der Waals surface area contributed by atoms with Crippen molar-refractivity contribution in [3.8, 4) is 5.75 Å². The fourth-order valence-corrected chi connectivity index (χ4v) is 2.21. The van der Waals surface area contributed by atoms with Gasteiger partial charge in [0.1, 0.15) is 18.2 Å². The lowest BCUT2D eigenvalue weighted by molar-refractivity contribution is -0.192. The average Bonchev–Trinajstić information content (AvgIpc) is 3.17. The number of anilines is 1. The fraction of sp³-hybridized carbons (Fsp3) is 0.294. The first-order valence-electron chi connectivity index (χ1n) is 8.47. The van der Waals surface area contributed by atoms with E-state index in [2.05, 4.69) is 4.98 Å². The number of carbonyl (C=O) groups excluding carboxylic acids is 1. The summed E-state index contributed by atoms with van der Waals surface area (Å²) < 4.78 is 53.7. The molecule has 0 unspecified atom stereocenters. The minimum absolute atomic E-state index is 0.103. The number of carbonyl (C=O) groups is 2. The van der Waals surface area contributed by atoms with Gasteiger partial charge in [-0.15, -0.1) is 0 Å².